The van der Waals surface area contributed by atoms with Crippen LogP contribution in [0.1, 0.15) is 39.3 Å². The van der Waals surface area contributed by atoms with Gasteiger partial charge in [0.2, 0.25) is 23.6 Å². The summed E-state index contributed by atoms with van der Waals surface area (Å²) >= 11 is 0. The number of carbonyl (C=O) groups is 5. The molecule has 0 saturated heterocycles. The molecule has 6 unspecified atom stereocenters. The third-order valence-corrected chi connectivity index (χ3v) is 5.25. The fraction of sp³-hybridized carbons (Fsp3) is 0.600. The van der Waals surface area contributed by atoms with Crippen LogP contribution in [0.3, 0.4) is 0 Å². The molecular weight excluding hydrogens is 450 g/mol. The molecule has 0 aliphatic rings. The van der Waals surface area contributed by atoms with Gasteiger partial charge in [-0.25, -0.2) is 9.78 Å². The summed E-state index contributed by atoms with van der Waals surface area (Å²) in [6.07, 6.45) is 1.44. The maximum Gasteiger partial charge on any atom is 0.326 e. The average molecular weight is 484 g/mol. The van der Waals surface area contributed by atoms with Crippen LogP contribution in [0.15, 0.2) is 12.5 Å². The number of aliphatic carboxylic acids is 1. The number of hydrogen-bond acceptors (Lipinski definition) is 8. The van der Waals surface area contributed by atoms with Crippen molar-refractivity contribution < 1.29 is 34.2 Å². The SMILES string of the molecule is CCC(C)C(NC(=O)C(Cc1cnc[nH]1)NC(=O)C(N)C(C)O)C(=O)NC(CC(N)=O)C(=O)O. The number of H-pyrrole nitrogens is 1. The molecule has 4 amide bonds. The molecule has 190 valence electrons. The second kappa shape index (κ2) is 13.3. The highest BCUT2D eigenvalue weighted by Crippen LogP contribution is 2.10. The van der Waals surface area contributed by atoms with E-state index in [1.54, 1.807) is 13.8 Å². The number of rotatable bonds is 14. The normalized spacial score (nSPS) is 16.3. The molecular formula is C20H33N7O7. The van der Waals surface area contributed by atoms with E-state index in [-0.39, 0.29) is 6.42 Å². The second-order valence-corrected chi connectivity index (χ2v) is 8.05. The summed E-state index contributed by atoms with van der Waals surface area (Å²) in [6.45, 7) is 4.75. The zero-order chi connectivity index (χ0) is 26.0. The van der Waals surface area contributed by atoms with Gasteiger partial charge in [-0.1, -0.05) is 20.3 Å². The number of aromatic amines is 1. The van der Waals surface area contributed by atoms with E-state index >= 15 is 0 Å². The van der Waals surface area contributed by atoms with Gasteiger partial charge in [-0.2, -0.15) is 0 Å². The second-order valence-electron chi connectivity index (χ2n) is 8.05. The van der Waals surface area contributed by atoms with Gasteiger partial charge in [-0.3, -0.25) is 19.2 Å². The topological polar surface area (TPSA) is 243 Å². The van der Waals surface area contributed by atoms with Crippen molar-refractivity contribution in [3.8, 4) is 0 Å². The standard InChI is InChI=1S/C20H33N7O7/c1-4-9(2)16(19(32)26-13(20(33)34)6-14(21)29)27-17(30)12(5-11-7-23-8-24-11)25-18(31)15(22)10(3)28/h7-10,12-13,15-16,28H,4-6,22H2,1-3H3,(H2,21,29)(H,23,24)(H,25,31)(H,26,32)(H,27,30)(H,33,34). The van der Waals surface area contributed by atoms with Crippen LogP contribution in [0.25, 0.3) is 0 Å². The molecule has 14 nitrogen and oxygen atoms in total. The number of amides is 4. The number of carboxylic acids is 1. The third kappa shape index (κ3) is 8.78. The molecule has 34 heavy (non-hydrogen) atoms. The molecule has 0 aliphatic carbocycles. The van der Waals surface area contributed by atoms with Crippen LogP contribution in [0.5, 0.6) is 0 Å². The number of aliphatic hydroxyl groups is 1. The number of aromatic nitrogens is 2. The Morgan fingerprint density at radius 2 is 1.68 bits per heavy atom. The Labute approximate surface area is 196 Å². The van der Waals surface area contributed by atoms with Gasteiger partial charge >= 0.3 is 5.97 Å². The fourth-order valence-corrected chi connectivity index (χ4v) is 2.93. The van der Waals surface area contributed by atoms with E-state index in [9.17, 15) is 34.2 Å². The van der Waals surface area contributed by atoms with Gasteiger partial charge in [0.05, 0.1) is 18.9 Å². The number of hydrogen-bond donors (Lipinski definition) is 8. The predicted octanol–water partition coefficient (Wildman–Crippen LogP) is -2.88. The number of imidazole rings is 1. The van der Waals surface area contributed by atoms with Crippen molar-refractivity contribution in [2.24, 2.45) is 17.4 Å². The molecule has 14 heteroatoms. The average Bonchev–Trinajstić information content (AvgIpc) is 3.27. The van der Waals surface area contributed by atoms with Gasteiger partial charge in [-0.05, 0) is 12.8 Å². The van der Waals surface area contributed by atoms with Crippen LogP contribution < -0.4 is 27.4 Å². The Kier molecular flexibility index (Phi) is 11.1. The number of primary amides is 1. The lowest BCUT2D eigenvalue weighted by atomic mass is 9.97. The van der Waals surface area contributed by atoms with Crippen LogP contribution in [0.4, 0.5) is 0 Å². The Morgan fingerprint density at radius 3 is 2.15 bits per heavy atom. The lowest BCUT2D eigenvalue weighted by molar-refractivity contribution is -0.144. The van der Waals surface area contributed by atoms with Gasteiger partial charge in [0.15, 0.2) is 0 Å². The highest BCUT2D eigenvalue weighted by atomic mass is 16.4. The van der Waals surface area contributed by atoms with Crippen molar-refractivity contribution >= 4 is 29.6 Å². The summed E-state index contributed by atoms with van der Waals surface area (Å²) in [5, 5.41) is 26.0. The van der Waals surface area contributed by atoms with Gasteiger partial charge in [0.25, 0.3) is 0 Å². The molecule has 6 atom stereocenters. The minimum absolute atomic E-state index is 0.0294. The zero-order valence-corrected chi connectivity index (χ0v) is 19.3. The minimum atomic E-state index is -1.57. The van der Waals surface area contributed by atoms with Gasteiger partial charge < -0.3 is 42.6 Å². The number of nitrogens with one attached hydrogen (secondary N) is 4. The monoisotopic (exact) mass is 483 g/mol. The molecule has 1 heterocycles. The number of carboxylic acid groups (broad SMARTS) is 1. The molecule has 0 bridgehead atoms. The highest BCUT2D eigenvalue weighted by molar-refractivity contribution is 5.95. The Bertz CT molecular complexity index is 859. The Morgan fingerprint density at radius 1 is 1.06 bits per heavy atom. The molecule has 1 aromatic rings. The molecule has 0 saturated carbocycles. The third-order valence-electron chi connectivity index (χ3n) is 5.25. The predicted molar refractivity (Wildman–Crippen MR) is 119 cm³/mol. The van der Waals surface area contributed by atoms with E-state index in [0.717, 1.165) is 0 Å². The van der Waals surface area contributed by atoms with Crippen molar-refractivity contribution in [3.63, 3.8) is 0 Å². The summed E-state index contributed by atoms with van der Waals surface area (Å²) in [6, 6.07) is -5.24. The molecule has 0 aliphatic heterocycles. The molecule has 0 fully saturated rings. The minimum Gasteiger partial charge on any atom is -0.480 e. The van der Waals surface area contributed by atoms with Crippen molar-refractivity contribution in [1.29, 1.82) is 0 Å². The zero-order valence-electron chi connectivity index (χ0n) is 19.3. The van der Waals surface area contributed by atoms with E-state index in [0.29, 0.717) is 12.1 Å². The van der Waals surface area contributed by atoms with Crippen molar-refractivity contribution in [2.45, 2.75) is 70.3 Å². The quantitative estimate of drug-likeness (QED) is 0.135. The molecule has 1 aromatic heterocycles. The maximum atomic E-state index is 13.1. The molecule has 10 N–H and O–H groups in total. The van der Waals surface area contributed by atoms with E-state index in [1.807, 2.05) is 0 Å². The summed E-state index contributed by atoms with van der Waals surface area (Å²) in [5.74, 6) is -5.18. The van der Waals surface area contributed by atoms with Crippen molar-refractivity contribution in [3.05, 3.63) is 18.2 Å². The van der Waals surface area contributed by atoms with Crippen LogP contribution in [-0.4, -0.2) is 80.1 Å². The van der Waals surface area contributed by atoms with E-state index in [4.69, 9.17) is 11.5 Å². The first kappa shape index (κ1) is 28.5. The van der Waals surface area contributed by atoms with Crippen molar-refractivity contribution in [1.82, 2.24) is 25.9 Å². The largest absolute Gasteiger partial charge is 0.480 e. The first-order valence-electron chi connectivity index (χ1n) is 10.7. The van der Waals surface area contributed by atoms with E-state index < -0.39 is 72.2 Å². The summed E-state index contributed by atoms with van der Waals surface area (Å²) in [7, 11) is 0. The van der Waals surface area contributed by atoms with Crippen LogP contribution in [0, 0.1) is 5.92 Å². The van der Waals surface area contributed by atoms with Gasteiger partial charge in [0, 0.05) is 18.3 Å². The summed E-state index contributed by atoms with van der Waals surface area (Å²) in [5.41, 5.74) is 11.2. The summed E-state index contributed by atoms with van der Waals surface area (Å²) < 4.78 is 0. The Balaban J connectivity index is 3.09. The molecule has 0 spiro atoms. The smallest absolute Gasteiger partial charge is 0.326 e. The first-order chi connectivity index (χ1) is 15.9. The molecule has 0 radical (unpaired) electrons. The lowest BCUT2D eigenvalue weighted by Gasteiger charge is -2.28. The van der Waals surface area contributed by atoms with Crippen molar-refractivity contribution in [2.75, 3.05) is 0 Å². The van der Waals surface area contributed by atoms with E-state index in [1.165, 1.54) is 19.4 Å². The lowest BCUT2D eigenvalue weighted by Crippen LogP contribution is -2.60. The van der Waals surface area contributed by atoms with Crippen LogP contribution in [0.2, 0.25) is 0 Å². The van der Waals surface area contributed by atoms with Crippen LogP contribution >= 0.6 is 0 Å². The van der Waals surface area contributed by atoms with Gasteiger partial charge in [-0.15, -0.1) is 0 Å². The molecule has 0 aromatic carbocycles. The van der Waals surface area contributed by atoms with Crippen LogP contribution in [-0.2, 0) is 30.4 Å². The number of nitrogens with zero attached hydrogens (tertiary/aromatic N) is 1. The number of carbonyl (C=O) groups excluding carboxylic acids is 4. The highest BCUT2D eigenvalue weighted by Gasteiger charge is 2.33. The Hall–Kier alpha value is -3.52. The fourth-order valence-electron chi connectivity index (χ4n) is 2.93. The summed E-state index contributed by atoms with van der Waals surface area (Å²) in [4.78, 5) is 67.5. The number of nitrogens with two attached hydrogens (primary N) is 2. The number of aliphatic hydroxyl groups excluding tert-OH is 1. The van der Waals surface area contributed by atoms with Gasteiger partial charge in [0.1, 0.15) is 24.2 Å². The maximum absolute atomic E-state index is 13.1. The first-order valence-corrected chi connectivity index (χ1v) is 10.7. The molecule has 1 rings (SSSR count). The van der Waals surface area contributed by atoms with E-state index in [2.05, 4.69) is 25.9 Å².